The van der Waals surface area contributed by atoms with E-state index in [1.807, 2.05) is 53.1 Å². The SMILES string of the molecule is Nc1c2ccccc2nc(=S)n1Cc1ccc(Cl)cc1. The number of nitrogens with zero attached hydrogens (tertiary/aromatic N) is 2. The molecule has 1 aromatic heterocycles. The monoisotopic (exact) mass is 301 g/mol. The predicted octanol–water partition coefficient (Wildman–Crippen LogP) is 4.05. The highest BCUT2D eigenvalue weighted by atomic mass is 35.5. The van der Waals surface area contributed by atoms with Crippen LogP contribution < -0.4 is 5.73 Å². The van der Waals surface area contributed by atoms with Crippen molar-refractivity contribution in [2.75, 3.05) is 5.73 Å². The Morgan fingerprint density at radius 3 is 2.55 bits per heavy atom. The largest absolute Gasteiger partial charge is 0.384 e. The Morgan fingerprint density at radius 1 is 1.10 bits per heavy atom. The number of hydrogen-bond donors (Lipinski definition) is 1. The molecule has 100 valence electrons. The van der Waals surface area contributed by atoms with Gasteiger partial charge in [-0.3, -0.25) is 4.57 Å². The Bertz CT molecular complexity index is 825. The summed E-state index contributed by atoms with van der Waals surface area (Å²) in [5.41, 5.74) is 8.13. The van der Waals surface area contributed by atoms with E-state index in [0.717, 1.165) is 16.5 Å². The Labute approximate surface area is 126 Å². The van der Waals surface area contributed by atoms with Gasteiger partial charge in [-0.2, -0.15) is 0 Å². The summed E-state index contributed by atoms with van der Waals surface area (Å²) in [6.45, 7) is 0.583. The molecule has 3 nitrogen and oxygen atoms in total. The molecule has 0 spiro atoms. The van der Waals surface area contributed by atoms with E-state index in [-0.39, 0.29) is 0 Å². The highest BCUT2D eigenvalue weighted by molar-refractivity contribution is 7.71. The van der Waals surface area contributed by atoms with E-state index >= 15 is 0 Å². The van der Waals surface area contributed by atoms with Crippen LogP contribution in [0.5, 0.6) is 0 Å². The Morgan fingerprint density at radius 2 is 1.80 bits per heavy atom. The highest BCUT2D eigenvalue weighted by Gasteiger charge is 2.06. The van der Waals surface area contributed by atoms with E-state index in [9.17, 15) is 0 Å². The number of aromatic nitrogens is 2. The number of benzene rings is 2. The third kappa shape index (κ3) is 2.40. The summed E-state index contributed by atoms with van der Waals surface area (Å²) in [6.07, 6.45) is 0. The molecule has 0 fully saturated rings. The number of halogens is 1. The third-order valence-corrected chi connectivity index (χ3v) is 3.74. The van der Waals surface area contributed by atoms with E-state index in [2.05, 4.69) is 4.98 Å². The summed E-state index contributed by atoms with van der Waals surface area (Å²) in [6, 6.07) is 15.3. The van der Waals surface area contributed by atoms with E-state index < -0.39 is 0 Å². The first-order valence-electron chi connectivity index (χ1n) is 6.14. The highest BCUT2D eigenvalue weighted by Crippen LogP contribution is 2.20. The number of nitrogen functional groups attached to an aromatic ring is 1. The summed E-state index contributed by atoms with van der Waals surface area (Å²) in [7, 11) is 0. The first-order chi connectivity index (χ1) is 9.65. The molecular formula is C15H12ClN3S. The number of fused-ring (bicyclic) bond motifs is 1. The van der Waals surface area contributed by atoms with E-state index in [0.29, 0.717) is 22.2 Å². The van der Waals surface area contributed by atoms with Gasteiger partial charge >= 0.3 is 0 Å². The second-order valence-electron chi connectivity index (χ2n) is 4.51. The molecule has 0 atom stereocenters. The van der Waals surface area contributed by atoms with Crippen molar-refractivity contribution in [1.29, 1.82) is 0 Å². The maximum absolute atomic E-state index is 6.23. The second-order valence-corrected chi connectivity index (χ2v) is 5.31. The smallest absolute Gasteiger partial charge is 0.201 e. The zero-order valence-corrected chi connectivity index (χ0v) is 12.2. The fourth-order valence-corrected chi connectivity index (χ4v) is 2.51. The summed E-state index contributed by atoms with van der Waals surface area (Å²) in [4.78, 5) is 4.42. The van der Waals surface area contributed by atoms with Crippen LogP contribution in [0.3, 0.4) is 0 Å². The summed E-state index contributed by atoms with van der Waals surface area (Å²) >= 11 is 11.2. The molecule has 0 aliphatic heterocycles. The van der Waals surface area contributed by atoms with Crippen LogP contribution in [0.4, 0.5) is 5.82 Å². The van der Waals surface area contributed by atoms with Crippen LogP contribution >= 0.6 is 23.8 Å². The minimum absolute atomic E-state index is 0.483. The number of nitrogens with two attached hydrogens (primary N) is 1. The molecule has 0 amide bonds. The molecule has 0 saturated carbocycles. The summed E-state index contributed by atoms with van der Waals surface area (Å²) in [5.74, 6) is 0.635. The maximum Gasteiger partial charge on any atom is 0.201 e. The van der Waals surface area contributed by atoms with Gasteiger partial charge < -0.3 is 5.73 Å². The van der Waals surface area contributed by atoms with Gasteiger partial charge in [0.05, 0.1) is 12.1 Å². The molecule has 2 N–H and O–H groups in total. The fourth-order valence-electron chi connectivity index (χ4n) is 2.12. The lowest BCUT2D eigenvalue weighted by Gasteiger charge is -2.12. The average molecular weight is 302 g/mol. The first kappa shape index (κ1) is 13.1. The lowest BCUT2D eigenvalue weighted by molar-refractivity contribution is 0.774. The maximum atomic E-state index is 6.23. The van der Waals surface area contributed by atoms with Crippen LogP contribution in [-0.2, 0) is 6.54 Å². The first-order valence-corrected chi connectivity index (χ1v) is 6.93. The van der Waals surface area contributed by atoms with Crippen molar-refractivity contribution < 1.29 is 0 Å². The molecule has 0 aliphatic carbocycles. The van der Waals surface area contributed by atoms with Crippen LogP contribution in [0, 0.1) is 4.77 Å². The van der Waals surface area contributed by atoms with Crippen molar-refractivity contribution >= 4 is 40.5 Å². The Kier molecular flexibility index (Phi) is 3.42. The minimum Gasteiger partial charge on any atom is -0.384 e. The predicted molar refractivity (Wildman–Crippen MR) is 85.5 cm³/mol. The molecule has 5 heteroatoms. The number of para-hydroxylation sites is 1. The van der Waals surface area contributed by atoms with Crippen LogP contribution in [-0.4, -0.2) is 9.55 Å². The van der Waals surface area contributed by atoms with Gasteiger partial charge in [-0.05, 0) is 42.0 Å². The van der Waals surface area contributed by atoms with E-state index in [1.165, 1.54) is 0 Å². The van der Waals surface area contributed by atoms with Gasteiger partial charge in [-0.25, -0.2) is 4.98 Å². The minimum atomic E-state index is 0.483. The van der Waals surface area contributed by atoms with Crippen LogP contribution in [0.2, 0.25) is 5.02 Å². The number of hydrogen-bond acceptors (Lipinski definition) is 3. The molecule has 20 heavy (non-hydrogen) atoms. The Balaban J connectivity index is 2.11. The molecule has 0 bridgehead atoms. The van der Waals surface area contributed by atoms with Gasteiger partial charge in [-0.1, -0.05) is 35.9 Å². The number of rotatable bonds is 2. The van der Waals surface area contributed by atoms with E-state index in [1.54, 1.807) is 0 Å². The van der Waals surface area contributed by atoms with Crippen LogP contribution in [0.25, 0.3) is 10.9 Å². The molecule has 0 unspecified atom stereocenters. The lowest BCUT2D eigenvalue weighted by atomic mass is 10.2. The summed E-state index contributed by atoms with van der Waals surface area (Å²) < 4.78 is 2.32. The third-order valence-electron chi connectivity index (χ3n) is 3.17. The number of anilines is 1. The second kappa shape index (κ2) is 5.23. The van der Waals surface area contributed by atoms with Gasteiger partial charge in [0.1, 0.15) is 5.82 Å². The van der Waals surface area contributed by atoms with Crippen LogP contribution in [0.15, 0.2) is 48.5 Å². The van der Waals surface area contributed by atoms with Crippen molar-refractivity contribution in [3.63, 3.8) is 0 Å². The van der Waals surface area contributed by atoms with Crippen LogP contribution in [0.1, 0.15) is 5.56 Å². The molecule has 2 aromatic carbocycles. The average Bonchev–Trinajstić information content (AvgIpc) is 2.45. The topological polar surface area (TPSA) is 43.8 Å². The fraction of sp³-hybridized carbons (Fsp3) is 0.0667. The van der Waals surface area contributed by atoms with Gasteiger partial charge in [0.15, 0.2) is 0 Å². The molecule has 0 aliphatic rings. The lowest BCUT2D eigenvalue weighted by Crippen LogP contribution is -2.10. The Hall–Kier alpha value is -1.91. The van der Waals surface area contributed by atoms with Crippen molar-refractivity contribution in [3.05, 3.63) is 63.9 Å². The zero-order chi connectivity index (χ0) is 14.1. The molecule has 0 saturated heterocycles. The van der Waals surface area contributed by atoms with Gasteiger partial charge in [0, 0.05) is 10.4 Å². The van der Waals surface area contributed by atoms with Crippen molar-refractivity contribution in [2.45, 2.75) is 6.54 Å². The quantitative estimate of drug-likeness (QED) is 0.726. The van der Waals surface area contributed by atoms with Crippen molar-refractivity contribution in [2.24, 2.45) is 0 Å². The molecule has 0 radical (unpaired) electrons. The van der Waals surface area contributed by atoms with Crippen molar-refractivity contribution in [1.82, 2.24) is 9.55 Å². The van der Waals surface area contributed by atoms with Gasteiger partial charge in [0.2, 0.25) is 4.77 Å². The zero-order valence-electron chi connectivity index (χ0n) is 10.6. The molecule has 3 aromatic rings. The van der Waals surface area contributed by atoms with Gasteiger partial charge in [0.25, 0.3) is 0 Å². The van der Waals surface area contributed by atoms with E-state index in [4.69, 9.17) is 29.6 Å². The molecule has 1 heterocycles. The summed E-state index contributed by atoms with van der Waals surface area (Å²) in [5, 5.41) is 1.62. The van der Waals surface area contributed by atoms with Gasteiger partial charge in [-0.15, -0.1) is 0 Å². The normalized spacial score (nSPS) is 10.8. The van der Waals surface area contributed by atoms with Crippen molar-refractivity contribution in [3.8, 4) is 0 Å². The standard InChI is InChI=1S/C15H12ClN3S/c16-11-7-5-10(6-8-11)9-19-14(17)12-3-1-2-4-13(12)18-15(19)20/h1-8H,9,17H2. The molecular weight excluding hydrogens is 290 g/mol. The molecule has 3 rings (SSSR count).